The number of nitrogens with one attached hydrogen (secondary N) is 1. The van der Waals surface area contributed by atoms with Gasteiger partial charge in [-0.25, -0.2) is 17.7 Å². The lowest BCUT2D eigenvalue weighted by atomic mass is 10.1. The summed E-state index contributed by atoms with van der Waals surface area (Å²) in [5.41, 5.74) is 0.750. The summed E-state index contributed by atoms with van der Waals surface area (Å²) in [6.07, 6.45) is 8.81. The first-order valence-corrected chi connectivity index (χ1v) is 9.78. The maximum atomic E-state index is 11.6. The van der Waals surface area contributed by atoms with E-state index in [0.29, 0.717) is 19.0 Å². The second-order valence-electron chi connectivity index (χ2n) is 6.38. The lowest BCUT2D eigenvalue weighted by Crippen LogP contribution is -2.42. The fourth-order valence-corrected chi connectivity index (χ4v) is 3.97. The van der Waals surface area contributed by atoms with Crippen molar-refractivity contribution in [2.45, 2.75) is 37.6 Å². The first kappa shape index (κ1) is 14.8. The molecule has 0 unspecified atom stereocenters. The highest BCUT2D eigenvalue weighted by molar-refractivity contribution is 7.88. The van der Waals surface area contributed by atoms with E-state index < -0.39 is 10.0 Å². The van der Waals surface area contributed by atoms with Crippen LogP contribution in [0, 0.1) is 0 Å². The van der Waals surface area contributed by atoms with Gasteiger partial charge < -0.3 is 5.32 Å². The fraction of sp³-hybridized carbons (Fsp3) is 0.643. The van der Waals surface area contributed by atoms with Gasteiger partial charge in [-0.3, -0.25) is 4.40 Å². The zero-order valence-corrected chi connectivity index (χ0v) is 13.8. The van der Waals surface area contributed by atoms with Crippen molar-refractivity contribution < 1.29 is 8.42 Å². The molecule has 1 saturated heterocycles. The first-order valence-electron chi connectivity index (χ1n) is 7.93. The van der Waals surface area contributed by atoms with Crippen LogP contribution in [0.15, 0.2) is 12.4 Å². The molecule has 0 spiro atoms. The molecule has 8 nitrogen and oxygen atoms in total. The van der Waals surface area contributed by atoms with Crippen LogP contribution in [0.1, 0.15) is 37.4 Å². The minimum Gasteiger partial charge on any atom is -0.364 e. The highest BCUT2D eigenvalue weighted by atomic mass is 32.2. The number of hydrogen-bond acceptors (Lipinski definition) is 6. The quantitative estimate of drug-likeness (QED) is 0.889. The molecule has 0 atom stereocenters. The predicted molar refractivity (Wildman–Crippen MR) is 85.8 cm³/mol. The van der Waals surface area contributed by atoms with Crippen LogP contribution in [0.25, 0.3) is 5.65 Å². The van der Waals surface area contributed by atoms with E-state index in [0.717, 1.165) is 30.1 Å². The Bertz CT molecular complexity index is 821. The van der Waals surface area contributed by atoms with Crippen LogP contribution in [-0.4, -0.2) is 57.7 Å². The van der Waals surface area contributed by atoms with Crippen molar-refractivity contribution >= 4 is 21.5 Å². The van der Waals surface area contributed by atoms with Gasteiger partial charge in [-0.2, -0.15) is 0 Å². The van der Waals surface area contributed by atoms with Crippen LogP contribution in [0.5, 0.6) is 0 Å². The first-order chi connectivity index (χ1) is 11.0. The molecular weight excluding hydrogens is 316 g/mol. The molecule has 0 amide bonds. The Hall–Kier alpha value is -1.74. The molecule has 3 heterocycles. The van der Waals surface area contributed by atoms with Crippen LogP contribution in [-0.2, 0) is 10.0 Å². The molecule has 2 fully saturated rings. The Balaban J connectivity index is 1.50. The normalized spacial score (nSPS) is 20.9. The summed E-state index contributed by atoms with van der Waals surface area (Å²) in [4.78, 5) is 4.40. The number of anilines is 1. The number of piperidine rings is 1. The second kappa shape index (κ2) is 5.41. The molecule has 1 N–H and O–H groups in total. The van der Waals surface area contributed by atoms with Gasteiger partial charge in [0.25, 0.3) is 0 Å². The molecular formula is C14H20N6O2S. The van der Waals surface area contributed by atoms with Gasteiger partial charge in [-0.1, -0.05) is 0 Å². The molecule has 124 valence electrons. The highest BCUT2D eigenvalue weighted by Gasteiger charge is 2.30. The monoisotopic (exact) mass is 336 g/mol. The molecule has 0 radical (unpaired) electrons. The summed E-state index contributed by atoms with van der Waals surface area (Å²) >= 11 is 0. The van der Waals surface area contributed by atoms with E-state index in [-0.39, 0.29) is 6.04 Å². The standard InChI is InChI=1S/C14H20N6O2S/c1-23(21,22)19-7-4-11(5-8-19)16-12-14-18-17-13(10-2-3-10)20(14)9-6-15-12/h6,9-11H,2-5,7-8H2,1H3,(H,15,16). The van der Waals surface area contributed by atoms with Gasteiger partial charge in [0, 0.05) is 37.4 Å². The Morgan fingerprint density at radius 1 is 1.17 bits per heavy atom. The molecule has 9 heteroatoms. The van der Waals surface area contributed by atoms with Crippen molar-refractivity contribution in [1.29, 1.82) is 0 Å². The van der Waals surface area contributed by atoms with E-state index in [4.69, 9.17) is 0 Å². The maximum absolute atomic E-state index is 11.6. The van der Waals surface area contributed by atoms with Crippen molar-refractivity contribution in [3.05, 3.63) is 18.2 Å². The van der Waals surface area contributed by atoms with Gasteiger partial charge in [-0.15, -0.1) is 10.2 Å². The number of aromatic nitrogens is 4. The fourth-order valence-electron chi connectivity index (χ4n) is 3.09. The van der Waals surface area contributed by atoms with Crippen molar-refractivity contribution in [3.8, 4) is 0 Å². The van der Waals surface area contributed by atoms with Crippen molar-refractivity contribution in [2.24, 2.45) is 0 Å². The average molecular weight is 336 g/mol. The summed E-state index contributed by atoms with van der Waals surface area (Å²) in [5.74, 6) is 2.26. The Morgan fingerprint density at radius 2 is 1.91 bits per heavy atom. The van der Waals surface area contributed by atoms with Gasteiger partial charge in [0.15, 0.2) is 5.82 Å². The molecule has 1 saturated carbocycles. The van der Waals surface area contributed by atoms with Crippen LogP contribution < -0.4 is 5.32 Å². The third-order valence-corrected chi connectivity index (χ3v) is 5.86. The molecule has 0 aromatic carbocycles. The van der Waals surface area contributed by atoms with Crippen molar-refractivity contribution in [3.63, 3.8) is 0 Å². The minimum absolute atomic E-state index is 0.202. The zero-order valence-electron chi connectivity index (χ0n) is 13.0. The number of fused-ring (bicyclic) bond motifs is 1. The summed E-state index contributed by atoms with van der Waals surface area (Å²) in [7, 11) is -3.09. The maximum Gasteiger partial charge on any atom is 0.211 e. The Morgan fingerprint density at radius 3 is 2.57 bits per heavy atom. The van der Waals surface area contributed by atoms with Gasteiger partial charge in [0.2, 0.25) is 15.7 Å². The molecule has 1 aliphatic carbocycles. The average Bonchev–Trinajstić information content (AvgIpc) is 3.26. The lowest BCUT2D eigenvalue weighted by molar-refractivity contribution is 0.331. The summed E-state index contributed by atoms with van der Waals surface area (Å²) in [6.45, 7) is 1.08. The van der Waals surface area contributed by atoms with Gasteiger partial charge >= 0.3 is 0 Å². The van der Waals surface area contributed by atoms with Gasteiger partial charge in [0.1, 0.15) is 5.82 Å². The van der Waals surface area contributed by atoms with E-state index in [1.54, 1.807) is 6.20 Å². The van der Waals surface area contributed by atoms with E-state index in [2.05, 4.69) is 20.5 Å². The molecule has 1 aliphatic heterocycles. The van der Waals surface area contributed by atoms with Crippen LogP contribution in [0.3, 0.4) is 0 Å². The molecule has 2 aliphatic rings. The molecule has 23 heavy (non-hydrogen) atoms. The van der Waals surface area contributed by atoms with Crippen molar-refractivity contribution in [1.82, 2.24) is 23.9 Å². The minimum atomic E-state index is -3.09. The summed E-state index contributed by atoms with van der Waals surface area (Å²) in [5, 5.41) is 12.0. The second-order valence-corrected chi connectivity index (χ2v) is 8.37. The number of rotatable bonds is 4. The van der Waals surface area contributed by atoms with E-state index in [1.807, 2.05) is 10.6 Å². The van der Waals surface area contributed by atoms with Crippen molar-refractivity contribution in [2.75, 3.05) is 24.7 Å². The number of nitrogens with zero attached hydrogens (tertiary/aromatic N) is 5. The zero-order chi connectivity index (χ0) is 16.0. The number of hydrogen-bond donors (Lipinski definition) is 1. The van der Waals surface area contributed by atoms with Gasteiger partial charge in [-0.05, 0) is 25.7 Å². The largest absolute Gasteiger partial charge is 0.364 e. The lowest BCUT2D eigenvalue weighted by Gasteiger charge is -2.30. The van der Waals surface area contributed by atoms with Crippen LogP contribution >= 0.6 is 0 Å². The Kier molecular flexibility index (Phi) is 3.49. The van der Waals surface area contributed by atoms with Crippen LogP contribution in [0.2, 0.25) is 0 Å². The molecule has 0 bridgehead atoms. The SMILES string of the molecule is CS(=O)(=O)N1CCC(Nc2nccn3c(C4CC4)nnc23)CC1. The third-order valence-electron chi connectivity index (χ3n) is 4.56. The van der Waals surface area contributed by atoms with Crippen LogP contribution in [0.4, 0.5) is 5.82 Å². The predicted octanol–water partition coefficient (Wildman–Crippen LogP) is 0.838. The smallest absolute Gasteiger partial charge is 0.211 e. The van der Waals surface area contributed by atoms with Gasteiger partial charge in [0.05, 0.1) is 6.26 Å². The number of sulfonamides is 1. The Labute approximate surface area is 135 Å². The molecule has 4 rings (SSSR count). The topological polar surface area (TPSA) is 92.5 Å². The van der Waals surface area contributed by atoms with E-state index >= 15 is 0 Å². The summed E-state index contributed by atoms with van der Waals surface area (Å²) in [6, 6.07) is 0.202. The summed E-state index contributed by atoms with van der Waals surface area (Å²) < 4.78 is 26.7. The van der Waals surface area contributed by atoms with E-state index in [9.17, 15) is 8.42 Å². The molecule has 2 aromatic heterocycles. The highest BCUT2D eigenvalue weighted by Crippen LogP contribution is 2.39. The third kappa shape index (κ3) is 2.90. The molecule has 2 aromatic rings. The van der Waals surface area contributed by atoms with E-state index in [1.165, 1.54) is 23.4 Å².